The van der Waals surface area contributed by atoms with Crippen molar-refractivity contribution in [2.45, 2.75) is 0 Å². The number of rotatable bonds is 4. The van der Waals surface area contributed by atoms with Crippen LogP contribution >= 0.6 is 11.6 Å². The number of amides is 2. The van der Waals surface area contributed by atoms with Gasteiger partial charge in [-0.15, -0.1) is 6.42 Å². The summed E-state index contributed by atoms with van der Waals surface area (Å²) in [5.74, 6) is 2.56. The number of carbonyl (C=O) groups is 2. The summed E-state index contributed by atoms with van der Waals surface area (Å²) in [4.78, 5) is 26.3. The lowest BCUT2D eigenvalue weighted by Crippen LogP contribution is -2.39. The van der Waals surface area contributed by atoms with Crippen molar-refractivity contribution in [2.24, 2.45) is 0 Å². The van der Waals surface area contributed by atoms with Gasteiger partial charge in [0.05, 0.1) is 5.02 Å². The molecule has 1 heterocycles. The van der Waals surface area contributed by atoms with Crippen molar-refractivity contribution in [1.29, 1.82) is 0 Å². The number of ether oxygens (including phenoxy) is 2. The predicted molar refractivity (Wildman–Crippen MR) is 97.7 cm³/mol. The Balaban J connectivity index is 2.01. The van der Waals surface area contributed by atoms with Gasteiger partial charge < -0.3 is 14.8 Å². The number of fused-ring (bicyclic) bond motifs is 1. The van der Waals surface area contributed by atoms with Crippen LogP contribution in [0.2, 0.25) is 5.02 Å². The third-order valence-corrected chi connectivity index (χ3v) is 4.11. The Hall–Kier alpha value is -3.17. The van der Waals surface area contributed by atoms with Crippen LogP contribution in [-0.2, 0) is 4.79 Å². The van der Waals surface area contributed by atoms with Crippen molar-refractivity contribution in [3.63, 3.8) is 0 Å². The molecule has 26 heavy (non-hydrogen) atoms. The average Bonchev–Trinajstić information content (AvgIpc) is 3.14. The van der Waals surface area contributed by atoms with E-state index < -0.39 is 5.91 Å². The van der Waals surface area contributed by atoms with Gasteiger partial charge in [0.2, 0.25) is 12.7 Å². The fourth-order valence-electron chi connectivity index (χ4n) is 2.51. The first-order valence-corrected chi connectivity index (χ1v) is 8.09. The molecule has 0 fully saturated rings. The second kappa shape index (κ2) is 7.38. The zero-order valence-corrected chi connectivity index (χ0v) is 14.7. The summed E-state index contributed by atoms with van der Waals surface area (Å²) in [6.07, 6.45) is 5.43. The number of hydrogen-bond acceptors (Lipinski definition) is 4. The number of terminal acetylenes is 1. The number of likely N-dealkylation sites (N-methyl/N-ethyl adjacent to an activating group) is 1. The quantitative estimate of drug-likeness (QED) is 0.839. The molecule has 0 saturated carbocycles. The maximum atomic E-state index is 13.1. The number of nitrogens with one attached hydrogen (secondary N) is 1. The van der Waals surface area contributed by atoms with E-state index in [1.807, 2.05) is 0 Å². The molecule has 2 amide bonds. The lowest BCUT2D eigenvalue weighted by Gasteiger charge is -2.22. The van der Waals surface area contributed by atoms with Gasteiger partial charge in [-0.3, -0.25) is 14.5 Å². The number of carbonyl (C=O) groups excluding carboxylic acids is 2. The molecule has 0 bridgehead atoms. The van der Waals surface area contributed by atoms with E-state index in [-0.39, 0.29) is 29.8 Å². The highest BCUT2D eigenvalue weighted by Crippen LogP contribution is 2.40. The van der Waals surface area contributed by atoms with Gasteiger partial charge in [0, 0.05) is 23.9 Å². The first-order valence-electron chi connectivity index (χ1n) is 7.71. The second-order valence-electron chi connectivity index (χ2n) is 5.45. The maximum absolute atomic E-state index is 13.1. The highest BCUT2D eigenvalue weighted by atomic mass is 35.5. The molecule has 2 aromatic carbocycles. The summed E-state index contributed by atoms with van der Waals surface area (Å²) in [6, 6.07) is 9.86. The highest BCUT2D eigenvalue weighted by molar-refractivity contribution is 6.33. The maximum Gasteiger partial charge on any atom is 0.258 e. The Morgan fingerprint density at radius 3 is 2.85 bits per heavy atom. The third-order valence-electron chi connectivity index (χ3n) is 3.82. The predicted octanol–water partition coefficient (Wildman–Crippen LogP) is 2.44. The molecule has 0 aliphatic carbocycles. The molecule has 1 aliphatic heterocycles. The first kappa shape index (κ1) is 17.6. The summed E-state index contributed by atoms with van der Waals surface area (Å²) >= 11 is 6.17. The van der Waals surface area contributed by atoms with E-state index in [0.29, 0.717) is 22.7 Å². The Labute approximate surface area is 155 Å². The van der Waals surface area contributed by atoms with Crippen LogP contribution in [0, 0.1) is 12.3 Å². The van der Waals surface area contributed by atoms with E-state index >= 15 is 0 Å². The molecule has 0 aromatic heterocycles. The van der Waals surface area contributed by atoms with Crippen LogP contribution in [0.1, 0.15) is 15.9 Å². The highest BCUT2D eigenvalue weighted by Gasteiger charge is 2.25. The second-order valence-corrected chi connectivity index (χ2v) is 5.86. The Kier molecular flexibility index (Phi) is 5.01. The van der Waals surface area contributed by atoms with Crippen LogP contribution in [0.4, 0.5) is 5.69 Å². The number of nitrogens with zero attached hydrogens (tertiary/aromatic N) is 1. The zero-order valence-electron chi connectivity index (χ0n) is 13.9. The van der Waals surface area contributed by atoms with Gasteiger partial charge >= 0.3 is 0 Å². The van der Waals surface area contributed by atoms with Gasteiger partial charge in [-0.05, 0) is 30.3 Å². The summed E-state index contributed by atoms with van der Waals surface area (Å²) in [6.45, 7) is -0.131. The van der Waals surface area contributed by atoms with Crippen molar-refractivity contribution in [1.82, 2.24) is 5.32 Å². The van der Waals surface area contributed by atoms with E-state index in [4.69, 9.17) is 27.5 Å². The molecule has 0 atom stereocenters. The van der Waals surface area contributed by atoms with Crippen molar-refractivity contribution in [3.8, 4) is 23.8 Å². The smallest absolute Gasteiger partial charge is 0.258 e. The van der Waals surface area contributed by atoms with E-state index in [1.54, 1.807) is 30.3 Å². The standard InChI is InChI=1S/C19H15ClN2O4/c1-3-12-5-4-6-14(7-12)22(10-17(23)21-2)19(24)13-8-15(20)18-16(9-13)25-11-26-18/h1,4-9H,10-11H2,2H3,(H,21,23). The molecule has 0 radical (unpaired) electrons. The minimum Gasteiger partial charge on any atom is -0.454 e. The number of halogens is 1. The van der Waals surface area contributed by atoms with Gasteiger partial charge in [0.1, 0.15) is 6.54 Å². The molecule has 0 saturated heterocycles. The van der Waals surface area contributed by atoms with Crippen LogP contribution in [0.5, 0.6) is 11.5 Å². The lowest BCUT2D eigenvalue weighted by molar-refractivity contribution is -0.119. The Bertz CT molecular complexity index is 920. The lowest BCUT2D eigenvalue weighted by atomic mass is 10.1. The first-order chi connectivity index (χ1) is 12.5. The fourth-order valence-corrected chi connectivity index (χ4v) is 2.78. The molecule has 1 aliphatic rings. The summed E-state index contributed by atoms with van der Waals surface area (Å²) in [5.41, 5.74) is 1.37. The van der Waals surface area contributed by atoms with Crippen LogP contribution in [0.3, 0.4) is 0 Å². The molecule has 3 rings (SSSR count). The van der Waals surface area contributed by atoms with Crippen LogP contribution < -0.4 is 19.7 Å². The van der Waals surface area contributed by atoms with Crippen LogP contribution in [0.25, 0.3) is 0 Å². The van der Waals surface area contributed by atoms with Gasteiger partial charge in [-0.1, -0.05) is 23.6 Å². The molecular formula is C19H15ClN2O4. The topological polar surface area (TPSA) is 67.9 Å². The van der Waals surface area contributed by atoms with Crippen molar-refractivity contribution in [2.75, 3.05) is 25.3 Å². The van der Waals surface area contributed by atoms with Gasteiger partial charge in [0.25, 0.3) is 5.91 Å². The molecule has 132 valence electrons. The molecule has 0 unspecified atom stereocenters. The van der Waals surface area contributed by atoms with E-state index in [1.165, 1.54) is 18.0 Å². The van der Waals surface area contributed by atoms with Crippen molar-refractivity contribution < 1.29 is 19.1 Å². The van der Waals surface area contributed by atoms with Gasteiger partial charge in [-0.2, -0.15) is 0 Å². The molecule has 2 aromatic rings. The van der Waals surface area contributed by atoms with Crippen LogP contribution in [0.15, 0.2) is 36.4 Å². The SMILES string of the molecule is C#Cc1cccc(N(CC(=O)NC)C(=O)c2cc(Cl)c3c(c2)OCO3)c1. The molecule has 6 nitrogen and oxygen atoms in total. The molecular weight excluding hydrogens is 356 g/mol. The minimum absolute atomic E-state index is 0.0405. The minimum atomic E-state index is -0.414. The van der Waals surface area contributed by atoms with Gasteiger partial charge in [0.15, 0.2) is 11.5 Å². The molecule has 0 spiro atoms. The van der Waals surface area contributed by atoms with Gasteiger partial charge in [-0.25, -0.2) is 0 Å². The Morgan fingerprint density at radius 1 is 1.31 bits per heavy atom. The fraction of sp³-hybridized carbons (Fsp3) is 0.158. The average molecular weight is 371 g/mol. The summed E-state index contributed by atoms with van der Waals surface area (Å²) in [7, 11) is 1.50. The number of hydrogen-bond donors (Lipinski definition) is 1. The third kappa shape index (κ3) is 3.44. The van der Waals surface area contributed by atoms with E-state index in [0.717, 1.165) is 0 Å². The van der Waals surface area contributed by atoms with Crippen LogP contribution in [-0.4, -0.2) is 32.2 Å². The normalized spacial score (nSPS) is 11.6. The number of benzene rings is 2. The van der Waals surface area contributed by atoms with E-state index in [2.05, 4.69) is 11.2 Å². The Morgan fingerprint density at radius 2 is 2.12 bits per heavy atom. The zero-order chi connectivity index (χ0) is 18.7. The monoisotopic (exact) mass is 370 g/mol. The molecule has 1 N–H and O–H groups in total. The van der Waals surface area contributed by atoms with Crippen molar-refractivity contribution in [3.05, 3.63) is 52.5 Å². The summed E-state index contributed by atoms with van der Waals surface area (Å²) < 4.78 is 10.6. The largest absolute Gasteiger partial charge is 0.454 e. The molecule has 7 heteroatoms. The van der Waals surface area contributed by atoms with Crippen molar-refractivity contribution >= 4 is 29.1 Å². The number of anilines is 1. The summed E-state index contributed by atoms with van der Waals surface area (Å²) in [5, 5.41) is 2.77. The van der Waals surface area contributed by atoms with E-state index in [9.17, 15) is 9.59 Å².